The third-order valence-corrected chi connectivity index (χ3v) is 7.38. The molecule has 4 rings (SSSR count). The van der Waals surface area contributed by atoms with Crippen LogP contribution in [0.15, 0.2) is 47.4 Å². The van der Waals surface area contributed by atoms with E-state index in [1.165, 1.54) is 40.4 Å². The van der Waals surface area contributed by atoms with Crippen LogP contribution in [0.1, 0.15) is 34.3 Å². The average Bonchev–Trinajstić information content (AvgIpc) is 2.78. The highest BCUT2D eigenvalue weighted by atomic mass is 32.2. The maximum atomic E-state index is 12.6. The molecule has 2 aromatic carbocycles. The number of rotatable bonds is 6. The molecule has 6 nitrogen and oxygen atoms in total. The van der Waals surface area contributed by atoms with E-state index in [1.54, 1.807) is 12.1 Å². The molecule has 1 fully saturated rings. The Bertz CT molecular complexity index is 979. The number of hydrogen-bond acceptors (Lipinski definition) is 5. The van der Waals surface area contributed by atoms with Gasteiger partial charge in [0.15, 0.2) is 12.4 Å². The molecule has 2 aliphatic rings. The Morgan fingerprint density at radius 1 is 0.966 bits per heavy atom. The zero-order valence-corrected chi connectivity index (χ0v) is 17.1. The number of ether oxygens (including phenoxy) is 2. The fourth-order valence-electron chi connectivity index (χ4n) is 3.78. The highest BCUT2D eigenvalue weighted by Gasteiger charge is 2.26. The van der Waals surface area contributed by atoms with Crippen LogP contribution in [0.4, 0.5) is 0 Å². The van der Waals surface area contributed by atoms with Gasteiger partial charge in [-0.15, -0.1) is 0 Å². The Morgan fingerprint density at radius 3 is 2.38 bits per heavy atom. The Balaban J connectivity index is 1.38. The quantitative estimate of drug-likeness (QED) is 0.679. The lowest BCUT2D eigenvalue weighted by Crippen LogP contribution is -2.40. The third kappa shape index (κ3) is 4.52. The predicted molar refractivity (Wildman–Crippen MR) is 109 cm³/mol. The number of ketones is 1. The van der Waals surface area contributed by atoms with Crippen LogP contribution < -0.4 is 4.74 Å². The van der Waals surface area contributed by atoms with Crippen molar-refractivity contribution in [1.82, 2.24) is 4.31 Å². The van der Waals surface area contributed by atoms with Gasteiger partial charge in [0.25, 0.3) is 0 Å². The van der Waals surface area contributed by atoms with Gasteiger partial charge >= 0.3 is 0 Å². The summed E-state index contributed by atoms with van der Waals surface area (Å²) in [5.74, 6) is 0.389. The molecular formula is C22H25NO5S. The molecule has 0 amide bonds. The van der Waals surface area contributed by atoms with Crippen molar-refractivity contribution >= 4 is 15.8 Å². The van der Waals surface area contributed by atoms with Gasteiger partial charge < -0.3 is 9.47 Å². The fourth-order valence-corrected chi connectivity index (χ4v) is 5.19. The van der Waals surface area contributed by atoms with Gasteiger partial charge in [-0.2, -0.15) is 4.31 Å². The Morgan fingerprint density at radius 2 is 1.66 bits per heavy atom. The average molecular weight is 416 g/mol. The molecule has 0 N–H and O–H groups in total. The second-order valence-corrected chi connectivity index (χ2v) is 9.33. The number of sulfonamides is 1. The monoisotopic (exact) mass is 415 g/mol. The van der Waals surface area contributed by atoms with E-state index in [9.17, 15) is 13.2 Å². The van der Waals surface area contributed by atoms with Crippen LogP contribution in [-0.4, -0.2) is 51.4 Å². The number of morpholine rings is 1. The van der Waals surface area contributed by atoms with Gasteiger partial charge in [-0.1, -0.05) is 12.1 Å². The molecule has 1 aliphatic heterocycles. The van der Waals surface area contributed by atoms with Crippen molar-refractivity contribution in [2.24, 2.45) is 0 Å². The molecule has 0 unspecified atom stereocenters. The van der Waals surface area contributed by atoms with Gasteiger partial charge in [0, 0.05) is 18.7 Å². The number of fused-ring (bicyclic) bond motifs is 1. The molecule has 1 aliphatic carbocycles. The van der Waals surface area contributed by atoms with Crippen LogP contribution in [0, 0.1) is 0 Å². The minimum Gasteiger partial charge on any atom is -0.485 e. The molecule has 0 saturated carbocycles. The summed E-state index contributed by atoms with van der Waals surface area (Å²) in [4.78, 5) is 12.7. The highest BCUT2D eigenvalue weighted by molar-refractivity contribution is 7.89. The largest absolute Gasteiger partial charge is 0.485 e. The lowest BCUT2D eigenvalue weighted by atomic mass is 9.90. The highest BCUT2D eigenvalue weighted by Crippen LogP contribution is 2.23. The van der Waals surface area contributed by atoms with Crippen LogP contribution >= 0.6 is 0 Å². The third-order valence-electron chi connectivity index (χ3n) is 5.47. The summed E-state index contributed by atoms with van der Waals surface area (Å²) in [6.45, 7) is 1.45. The van der Waals surface area contributed by atoms with E-state index in [0.717, 1.165) is 12.8 Å². The van der Waals surface area contributed by atoms with Crippen LogP contribution in [0.5, 0.6) is 5.75 Å². The second-order valence-electron chi connectivity index (χ2n) is 7.39. The second kappa shape index (κ2) is 8.65. The van der Waals surface area contributed by atoms with Crippen molar-refractivity contribution in [3.8, 4) is 5.75 Å². The molecule has 2 aromatic rings. The van der Waals surface area contributed by atoms with Crippen molar-refractivity contribution in [3.05, 3.63) is 59.2 Å². The first kappa shape index (κ1) is 20.1. The Kier molecular flexibility index (Phi) is 5.99. The maximum Gasteiger partial charge on any atom is 0.243 e. The number of carbonyl (C=O) groups is 1. The molecule has 0 radical (unpaired) electrons. The van der Waals surface area contributed by atoms with E-state index in [-0.39, 0.29) is 17.3 Å². The van der Waals surface area contributed by atoms with Crippen molar-refractivity contribution < 1.29 is 22.7 Å². The van der Waals surface area contributed by atoms with Crippen molar-refractivity contribution in [2.45, 2.75) is 30.6 Å². The molecule has 7 heteroatoms. The zero-order chi connectivity index (χ0) is 20.3. The van der Waals surface area contributed by atoms with Gasteiger partial charge in [-0.3, -0.25) is 4.79 Å². The summed E-state index contributed by atoms with van der Waals surface area (Å²) < 4.78 is 37.5. The molecule has 1 saturated heterocycles. The minimum atomic E-state index is -3.53. The van der Waals surface area contributed by atoms with Crippen LogP contribution in [-0.2, 0) is 27.6 Å². The normalized spacial score (nSPS) is 17.5. The van der Waals surface area contributed by atoms with Crippen molar-refractivity contribution in [3.63, 3.8) is 0 Å². The van der Waals surface area contributed by atoms with Gasteiger partial charge in [-0.05, 0) is 67.1 Å². The van der Waals surface area contributed by atoms with E-state index in [4.69, 9.17) is 9.47 Å². The number of nitrogens with zero attached hydrogens (tertiary/aromatic N) is 1. The predicted octanol–water partition coefficient (Wildman–Crippen LogP) is 2.85. The van der Waals surface area contributed by atoms with E-state index in [2.05, 4.69) is 0 Å². The van der Waals surface area contributed by atoms with E-state index >= 15 is 0 Å². The SMILES string of the molecule is O=C(COc1ccc(S(=O)(=O)N2CCOCC2)cc1)c1ccc2c(c1)CCCC2. The molecule has 0 spiro atoms. The topological polar surface area (TPSA) is 72.9 Å². The molecule has 1 heterocycles. The summed E-state index contributed by atoms with van der Waals surface area (Å²) in [7, 11) is -3.53. The van der Waals surface area contributed by atoms with E-state index < -0.39 is 10.0 Å². The number of hydrogen-bond donors (Lipinski definition) is 0. The summed E-state index contributed by atoms with van der Waals surface area (Å²) in [6, 6.07) is 12.1. The zero-order valence-electron chi connectivity index (χ0n) is 16.3. The standard InChI is InChI=1S/C22H25NO5S/c24-22(19-6-5-17-3-1-2-4-18(17)15-19)16-28-20-7-9-21(10-8-20)29(25,26)23-11-13-27-14-12-23/h5-10,15H,1-4,11-14,16H2. The number of carbonyl (C=O) groups excluding carboxylic acids is 1. The summed E-state index contributed by atoms with van der Waals surface area (Å²) in [5, 5.41) is 0. The lowest BCUT2D eigenvalue weighted by Gasteiger charge is -2.26. The van der Waals surface area contributed by atoms with Crippen LogP contribution in [0.3, 0.4) is 0 Å². The van der Waals surface area contributed by atoms with Gasteiger partial charge in [0.1, 0.15) is 5.75 Å². The van der Waals surface area contributed by atoms with Crippen LogP contribution in [0.2, 0.25) is 0 Å². The first-order valence-electron chi connectivity index (χ1n) is 10.00. The number of Topliss-reactive ketones (excluding diaryl/α,β-unsaturated/α-hetero) is 1. The van der Waals surface area contributed by atoms with Gasteiger partial charge in [-0.25, -0.2) is 8.42 Å². The smallest absolute Gasteiger partial charge is 0.243 e. The number of aryl methyl sites for hydroxylation is 2. The first-order valence-corrected chi connectivity index (χ1v) is 11.4. The molecule has 154 valence electrons. The molecule has 0 atom stereocenters. The Labute approximate surface area is 171 Å². The lowest BCUT2D eigenvalue weighted by molar-refractivity contribution is 0.0730. The first-order chi connectivity index (χ1) is 14.0. The van der Waals surface area contributed by atoms with Crippen molar-refractivity contribution in [1.29, 1.82) is 0 Å². The van der Waals surface area contributed by atoms with Crippen molar-refractivity contribution in [2.75, 3.05) is 32.9 Å². The molecule has 29 heavy (non-hydrogen) atoms. The van der Waals surface area contributed by atoms with E-state index in [0.29, 0.717) is 37.6 Å². The van der Waals surface area contributed by atoms with Gasteiger partial charge in [0.2, 0.25) is 10.0 Å². The molecule has 0 aromatic heterocycles. The van der Waals surface area contributed by atoms with E-state index in [1.807, 2.05) is 18.2 Å². The summed E-state index contributed by atoms with van der Waals surface area (Å²) in [6.07, 6.45) is 4.48. The molecule has 0 bridgehead atoms. The summed E-state index contributed by atoms with van der Waals surface area (Å²) >= 11 is 0. The molecular weight excluding hydrogens is 390 g/mol. The van der Waals surface area contributed by atoms with Gasteiger partial charge in [0.05, 0.1) is 18.1 Å². The summed E-state index contributed by atoms with van der Waals surface area (Å²) in [5.41, 5.74) is 3.27. The maximum absolute atomic E-state index is 12.6. The number of benzene rings is 2. The minimum absolute atomic E-state index is 0.0751. The fraction of sp³-hybridized carbons (Fsp3) is 0.409. The van der Waals surface area contributed by atoms with Crippen LogP contribution in [0.25, 0.3) is 0 Å². The Hall–Kier alpha value is -2.22.